The van der Waals surface area contributed by atoms with E-state index in [9.17, 15) is 4.39 Å². The second-order valence-electron chi connectivity index (χ2n) is 2.33. The fraction of sp³-hybridized carbons (Fsp3) is 0.143. The molecule has 2 rings (SSSR count). The summed E-state index contributed by atoms with van der Waals surface area (Å²) >= 11 is 5.55. The van der Waals surface area contributed by atoms with Crippen molar-refractivity contribution < 1.29 is 4.39 Å². The number of nitrogens with zero attached hydrogens (tertiary/aromatic N) is 3. The number of halogens is 2. The third-order valence-electron chi connectivity index (χ3n) is 1.56. The van der Waals surface area contributed by atoms with Gasteiger partial charge in [0.1, 0.15) is 5.82 Å². The Labute approximate surface area is 72.8 Å². The Morgan fingerprint density at radius 1 is 1.42 bits per heavy atom. The van der Waals surface area contributed by atoms with E-state index in [1.807, 2.05) is 0 Å². The zero-order chi connectivity index (χ0) is 8.55. The van der Waals surface area contributed by atoms with Crippen molar-refractivity contribution in [2.75, 3.05) is 0 Å². The van der Waals surface area contributed by atoms with Gasteiger partial charge >= 0.3 is 0 Å². The number of aromatic nitrogens is 3. The summed E-state index contributed by atoms with van der Waals surface area (Å²) in [6.45, 7) is 0. The van der Waals surface area contributed by atoms with Crippen molar-refractivity contribution in [1.82, 2.24) is 14.6 Å². The zero-order valence-electron chi connectivity index (χ0n) is 6.04. The molecule has 0 saturated heterocycles. The molecular formula is C7H5ClFN3. The van der Waals surface area contributed by atoms with Crippen LogP contribution >= 0.6 is 11.6 Å². The van der Waals surface area contributed by atoms with Gasteiger partial charge in [-0.05, 0) is 12.1 Å². The molecular weight excluding hydrogens is 181 g/mol. The molecule has 0 fully saturated rings. The van der Waals surface area contributed by atoms with Crippen LogP contribution in [0.15, 0.2) is 18.3 Å². The normalized spacial score (nSPS) is 10.8. The number of alkyl halides is 1. The minimum Gasteiger partial charge on any atom is -0.282 e. The Balaban J connectivity index is 2.75. The standard InChI is InChI=1S/C7H5ClFN3/c8-3-7-11-10-6-2-1-5(9)4-12(6)7/h1-2,4H,3H2. The quantitative estimate of drug-likeness (QED) is 0.632. The summed E-state index contributed by atoms with van der Waals surface area (Å²) in [6, 6.07) is 2.89. The van der Waals surface area contributed by atoms with E-state index in [1.54, 1.807) is 6.07 Å². The van der Waals surface area contributed by atoms with Crippen molar-refractivity contribution in [3.05, 3.63) is 30.0 Å². The highest BCUT2D eigenvalue weighted by Crippen LogP contribution is 2.07. The lowest BCUT2D eigenvalue weighted by Gasteiger charge is -1.94. The number of pyridine rings is 1. The second-order valence-corrected chi connectivity index (χ2v) is 2.59. The first-order valence-electron chi connectivity index (χ1n) is 3.36. The van der Waals surface area contributed by atoms with Crippen LogP contribution < -0.4 is 0 Å². The topological polar surface area (TPSA) is 30.2 Å². The van der Waals surface area contributed by atoms with Crippen molar-refractivity contribution in [3.63, 3.8) is 0 Å². The average molecular weight is 186 g/mol. The molecule has 2 heterocycles. The summed E-state index contributed by atoms with van der Waals surface area (Å²) in [4.78, 5) is 0. The first-order valence-corrected chi connectivity index (χ1v) is 3.90. The van der Waals surface area contributed by atoms with Gasteiger partial charge < -0.3 is 0 Å². The maximum absolute atomic E-state index is 12.7. The lowest BCUT2D eigenvalue weighted by Crippen LogP contribution is -1.91. The maximum Gasteiger partial charge on any atom is 0.160 e. The molecule has 0 N–H and O–H groups in total. The van der Waals surface area contributed by atoms with Crippen molar-refractivity contribution in [2.45, 2.75) is 5.88 Å². The van der Waals surface area contributed by atoms with E-state index >= 15 is 0 Å². The molecule has 0 amide bonds. The molecule has 0 aliphatic carbocycles. The van der Waals surface area contributed by atoms with Crippen LogP contribution in [-0.4, -0.2) is 14.6 Å². The summed E-state index contributed by atoms with van der Waals surface area (Å²) in [7, 11) is 0. The molecule has 3 nitrogen and oxygen atoms in total. The van der Waals surface area contributed by atoms with Crippen LogP contribution in [0.25, 0.3) is 5.65 Å². The first-order chi connectivity index (χ1) is 5.81. The third-order valence-corrected chi connectivity index (χ3v) is 1.80. The monoisotopic (exact) mass is 185 g/mol. The van der Waals surface area contributed by atoms with Gasteiger partial charge in [0.25, 0.3) is 0 Å². The van der Waals surface area contributed by atoms with E-state index in [0.29, 0.717) is 11.5 Å². The van der Waals surface area contributed by atoms with Gasteiger partial charge in [0.15, 0.2) is 11.5 Å². The van der Waals surface area contributed by atoms with E-state index in [2.05, 4.69) is 10.2 Å². The van der Waals surface area contributed by atoms with E-state index in [-0.39, 0.29) is 11.7 Å². The lowest BCUT2D eigenvalue weighted by molar-refractivity contribution is 0.618. The lowest BCUT2D eigenvalue weighted by atomic mass is 10.4. The molecule has 0 atom stereocenters. The second kappa shape index (κ2) is 2.71. The molecule has 12 heavy (non-hydrogen) atoms. The van der Waals surface area contributed by atoms with Gasteiger partial charge in [-0.2, -0.15) is 0 Å². The minimum atomic E-state index is -0.325. The van der Waals surface area contributed by atoms with E-state index < -0.39 is 0 Å². The van der Waals surface area contributed by atoms with Gasteiger partial charge in [0.05, 0.1) is 5.88 Å². The molecule has 0 spiro atoms. The van der Waals surface area contributed by atoms with Crippen LogP contribution in [0.5, 0.6) is 0 Å². The summed E-state index contributed by atoms with van der Waals surface area (Å²) in [5, 5.41) is 7.56. The molecule has 0 radical (unpaired) electrons. The van der Waals surface area contributed by atoms with E-state index in [4.69, 9.17) is 11.6 Å². The molecule has 0 aromatic carbocycles. The highest BCUT2D eigenvalue weighted by Gasteiger charge is 2.03. The molecule has 0 aliphatic heterocycles. The fourth-order valence-corrected chi connectivity index (χ4v) is 1.19. The number of hydrogen-bond donors (Lipinski definition) is 0. The van der Waals surface area contributed by atoms with Crippen LogP contribution in [0, 0.1) is 5.82 Å². The van der Waals surface area contributed by atoms with Gasteiger partial charge in [-0.1, -0.05) is 0 Å². The fourth-order valence-electron chi connectivity index (χ4n) is 1.00. The molecule has 2 aromatic rings. The van der Waals surface area contributed by atoms with Gasteiger partial charge in [0, 0.05) is 6.20 Å². The summed E-state index contributed by atoms with van der Waals surface area (Å²) in [5.74, 6) is 0.449. The van der Waals surface area contributed by atoms with Gasteiger partial charge in [0.2, 0.25) is 0 Å². The van der Waals surface area contributed by atoms with Crippen LogP contribution in [0.2, 0.25) is 0 Å². The zero-order valence-corrected chi connectivity index (χ0v) is 6.79. The predicted molar refractivity (Wildman–Crippen MR) is 42.5 cm³/mol. The largest absolute Gasteiger partial charge is 0.282 e. The molecule has 2 aromatic heterocycles. The van der Waals surface area contributed by atoms with Crippen molar-refractivity contribution in [3.8, 4) is 0 Å². The Morgan fingerprint density at radius 2 is 2.25 bits per heavy atom. The minimum absolute atomic E-state index is 0.227. The van der Waals surface area contributed by atoms with Gasteiger partial charge in [-0.3, -0.25) is 4.40 Å². The van der Waals surface area contributed by atoms with E-state index in [0.717, 1.165) is 0 Å². The van der Waals surface area contributed by atoms with Gasteiger partial charge in [-0.15, -0.1) is 21.8 Å². The summed E-state index contributed by atoms with van der Waals surface area (Å²) in [6.07, 6.45) is 1.31. The van der Waals surface area contributed by atoms with Gasteiger partial charge in [-0.25, -0.2) is 4.39 Å². The van der Waals surface area contributed by atoms with Crippen molar-refractivity contribution in [2.24, 2.45) is 0 Å². The van der Waals surface area contributed by atoms with Crippen molar-refractivity contribution >= 4 is 17.2 Å². The number of rotatable bonds is 1. The summed E-state index contributed by atoms with van der Waals surface area (Å²) in [5.41, 5.74) is 0.604. The Kier molecular flexibility index (Phi) is 1.69. The molecule has 0 unspecified atom stereocenters. The highest BCUT2D eigenvalue weighted by atomic mass is 35.5. The molecule has 0 saturated carbocycles. The molecule has 5 heteroatoms. The first kappa shape index (κ1) is 7.49. The smallest absolute Gasteiger partial charge is 0.160 e. The molecule has 0 bridgehead atoms. The number of hydrogen-bond acceptors (Lipinski definition) is 2. The van der Waals surface area contributed by atoms with Crippen molar-refractivity contribution in [1.29, 1.82) is 0 Å². The molecule has 62 valence electrons. The third kappa shape index (κ3) is 1.04. The Morgan fingerprint density at radius 3 is 3.00 bits per heavy atom. The van der Waals surface area contributed by atoms with Crippen LogP contribution in [0.3, 0.4) is 0 Å². The highest BCUT2D eigenvalue weighted by molar-refractivity contribution is 6.16. The summed E-state index contributed by atoms with van der Waals surface area (Å²) < 4.78 is 14.2. The predicted octanol–water partition coefficient (Wildman–Crippen LogP) is 1.61. The Hall–Kier alpha value is -1.16. The molecule has 0 aliphatic rings. The maximum atomic E-state index is 12.7. The Bertz CT molecular complexity index is 412. The average Bonchev–Trinajstić information content (AvgIpc) is 2.46. The van der Waals surface area contributed by atoms with Crippen LogP contribution in [-0.2, 0) is 5.88 Å². The number of fused-ring (bicyclic) bond motifs is 1. The van der Waals surface area contributed by atoms with Crippen LogP contribution in [0.1, 0.15) is 5.82 Å². The van der Waals surface area contributed by atoms with Crippen LogP contribution in [0.4, 0.5) is 4.39 Å². The van der Waals surface area contributed by atoms with E-state index in [1.165, 1.54) is 16.7 Å². The SMILES string of the molecule is Fc1ccc2nnc(CCl)n2c1.